The summed E-state index contributed by atoms with van der Waals surface area (Å²) >= 11 is 4.89. The lowest BCUT2D eigenvalue weighted by Crippen LogP contribution is -2.47. The number of esters is 1. The molecule has 1 N–H and O–H groups in total. The van der Waals surface area contributed by atoms with Crippen LogP contribution in [0, 0.1) is 0 Å². The molecule has 1 aliphatic heterocycles. The summed E-state index contributed by atoms with van der Waals surface area (Å²) in [5.74, 6) is -0.440. The minimum absolute atomic E-state index is 0.233. The maximum Gasteiger partial charge on any atom is 0.338 e. The van der Waals surface area contributed by atoms with Gasteiger partial charge >= 0.3 is 12.0 Å². The van der Waals surface area contributed by atoms with E-state index in [2.05, 4.69) is 21.2 Å². The highest BCUT2D eigenvalue weighted by molar-refractivity contribution is 9.10. The molecule has 0 saturated carbocycles. The second kappa shape index (κ2) is 7.41. The van der Waals surface area contributed by atoms with Gasteiger partial charge in [0.2, 0.25) is 0 Å². The number of carbonyl (C=O) groups is 2. The number of methoxy groups -OCH3 is 1. The van der Waals surface area contributed by atoms with E-state index in [1.54, 1.807) is 11.8 Å². The highest BCUT2D eigenvalue weighted by Gasteiger charge is 2.36. The Labute approximate surface area is 158 Å². The largest absolute Gasteiger partial charge is 0.466 e. The van der Waals surface area contributed by atoms with Crippen LogP contribution in [0.25, 0.3) is 0 Å². The van der Waals surface area contributed by atoms with Crippen molar-refractivity contribution in [3.8, 4) is 0 Å². The third-order valence-electron chi connectivity index (χ3n) is 4.06. The average Bonchev–Trinajstić information content (AvgIpc) is 3.04. The normalized spacial score (nSPS) is 17.5. The van der Waals surface area contributed by atoms with Crippen molar-refractivity contribution in [2.45, 2.75) is 19.5 Å². The summed E-state index contributed by atoms with van der Waals surface area (Å²) in [5, 5.41) is 4.85. The molecule has 0 radical (unpaired) electrons. The van der Waals surface area contributed by atoms with Crippen molar-refractivity contribution in [1.29, 1.82) is 0 Å². The summed E-state index contributed by atoms with van der Waals surface area (Å²) in [6.07, 6.45) is 0. The van der Waals surface area contributed by atoms with E-state index in [4.69, 9.17) is 4.74 Å². The van der Waals surface area contributed by atoms with Gasteiger partial charge in [0, 0.05) is 20.4 Å². The molecule has 2 heterocycles. The highest BCUT2D eigenvalue weighted by Crippen LogP contribution is 2.36. The van der Waals surface area contributed by atoms with Crippen LogP contribution < -0.4 is 5.32 Å². The number of ether oxygens (including phenoxy) is 1. The molecule has 3 rings (SSSR count). The van der Waals surface area contributed by atoms with Crippen molar-refractivity contribution in [1.82, 2.24) is 10.2 Å². The molecule has 7 heteroatoms. The lowest BCUT2D eigenvalue weighted by Gasteiger charge is -2.34. The zero-order valence-electron chi connectivity index (χ0n) is 13.8. The first-order valence-electron chi connectivity index (χ1n) is 7.66. The van der Waals surface area contributed by atoms with Gasteiger partial charge in [-0.2, -0.15) is 0 Å². The average molecular weight is 421 g/mol. The van der Waals surface area contributed by atoms with Crippen molar-refractivity contribution < 1.29 is 14.3 Å². The molecule has 0 saturated heterocycles. The lowest BCUT2D eigenvalue weighted by molar-refractivity contribution is -0.136. The molecule has 2 amide bonds. The van der Waals surface area contributed by atoms with E-state index >= 15 is 0 Å². The molecule has 0 bridgehead atoms. The van der Waals surface area contributed by atoms with E-state index in [-0.39, 0.29) is 6.03 Å². The third-order valence-corrected chi connectivity index (χ3v) is 5.82. The van der Waals surface area contributed by atoms with Gasteiger partial charge in [0.1, 0.15) is 0 Å². The van der Waals surface area contributed by atoms with Crippen LogP contribution in [-0.4, -0.2) is 24.0 Å². The Morgan fingerprint density at radius 1 is 1.36 bits per heavy atom. The molecule has 2 aromatic rings. The minimum Gasteiger partial charge on any atom is -0.466 e. The third kappa shape index (κ3) is 3.62. The summed E-state index contributed by atoms with van der Waals surface area (Å²) in [6.45, 7) is 2.17. The number of thiophene rings is 1. The fourth-order valence-corrected chi connectivity index (χ4v) is 4.31. The van der Waals surface area contributed by atoms with Crippen LogP contribution in [0.2, 0.25) is 0 Å². The summed E-state index contributed by atoms with van der Waals surface area (Å²) < 4.78 is 5.88. The van der Waals surface area contributed by atoms with Gasteiger partial charge < -0.3 is 10.1 Å². The molecule has 130 valence electrons. The predicted octanol–water partition coefficient (Wildman–Crippen LogP) is 4.22. The molecule has 1 aromatic carbocycles. The van der Waals surface area contributed by atoms with Gasteiger partial charge in [-0.05, 0) is 34.5 Å². The standard InChI is InChI=1S/C18H17BrN2O3S/c1-11-15(17(22)24-2)16(14-8-13(19)10-25-14)20-18(23)21(11)9-12-6-4-3-5-7-12/h3-8,10,16H,9H2,1-2H3,(H,20,23). The number of amides is 2. The number of nitrogens with zero attached hydrogens (tertiary/aromatic N) is 1. The van der Waals surface area contributed by atoms with E-state index < -0.39 is 12.0 Å². The number of rotatable bonds is 4. The Morgan fingerprint density at radius 2 is 2.08 bits per heavy atom. The molecule has 25 heavy (non-hydrogen) atoms. The van der Waals surface area contributed by atoms with Crippen molar-refractivity contribution >= 4 is 39.3 Å². The summed E-state index contributed by atoms with van der Waals surface area (Å²) in [4.78, 5) is 27.5. The lowest BCUT2D eigenvalue weighted by atomic mass is 10.00. The number of urea groups is 1. The van der Waals surface area contributed by atoms with E-state index in [0.717, 1.165) is 14.9 Å². The number of allylic oxidation sites excluding steroid dienone is 1. The predicted molar refractivity (Wildman–Crippen MR) is 100.0 cm³/mol. The smallest absolute Gasteiger partial charge is 0.338 e. The van der Waals surface area contributed by atoms with Crippen molar-refractivity contribution in [2.75, 3.05) is 7.11 Å². The number of nitrogens with one attached hydrogen (secondary N) is 1. The van der Waals surface area contributed by atoms with Crippen LogP contribution in [0.5, 0.6) is 0 Å². The number of hydrogen-bond acceptors (Lipinski definition) is 4. The first-order chi connectivity index (χ1) is 12.0. The molecule has 0 spiro atoms. The second-order valence-electron chi connectivity index (χ2n) is 5.61. The topological polar surface area (TPSA) is 58.6 Å². The Hall–Kier alpha value is -2.12. The Balaban J connectivity index is 2.01. The monoisotopic (exact) mass is 420 g/mol. The van der Waals surface area contributed by atoms with Crippen molar-refractivity contribution in [2.24, 2.45) is 0 Å². The van der Waals surface area contributed by atoms with E-state index in [9.17, 15) is 9.59 Å². The maximum atomic E-state index is 12.7. The molecular weight excluding hydrogens is 404 g/mol. The van der Waals surface area contributed by atoms with Gasteiger partial charge in [0.15, 0.2) is 0 Å². The van der Waals surface area contributed by atoms with E-state index in [1.165, 1.54) is 18.4 Å². The molecule has 0 aliphatic carbocycles. The zero-order chi connectivity index (χ0) is 18.0. The number of hydrogen-bond donors (Lipinski definition) is 1. The molecule has 0 fully saturated rings. The second-order valence-corrected chi connectivity index (χ2v) is 7.47. The van der Waals surface area contributed by atoms with Gasteiger partial charge in [-0.25, -0.2) is 9.59 Å². The highest BCUT2D eigenvalue weighted by atomic mass is 79.9. The van der Waals surface area contributed by atoms with Gasteiger partial charge in [-0.15, -0.1) is 11.3 Å². The molecule has 5 nitrogen and oxygen atoms in total. The van der Waals surface area contributed by atoms with Crippen LogP contribution in [-0.2, 0) is 16.1 Å². The molecule has 1 atom stereocenters. The Bertz CT molecular complexity index is 832. The molecule has 1 aromatic heterocycles. The van der Waals surface area contributed by atoms with Crippen LogP contribution in [0.15, 0.2) is 57.5 Å². The number of benzene rings is 1. The zero-order valence-corrected chi connectivity index (χ0v) is 16.2. The maximum absolute atomic E-state index is 12.7. The summed E-state index contributed by atoms with van der Waals surface area (Å²) in [6, 6.07) is 10.8. The van der Waals surface area contributed by atoms with E-state index in [0.29, 0.717) is 17.8 Å². The fraction of sp³-hybridized carbons (Fsp3) is 0.222. The first kappa shape index (κ1) is 17.7. The molecule has 1 aliphatic rings. The Morgan fingerprint density at radius 3 is 2.68 bits per heavy atom. The summed E-state index contributed by atoms with van der Waals surface area (Å²) in [7, 11) is 1.35. The molecule has 1 unspecified atom stereocenters. The quantitative estimate of drug-likeness (QED) is 0.752. The first-order valence-corrected chi connectivity index (χ1v) is 9.33. The SMILES string of the molecule is COC(=O)C1=C(C)N(Cc2ccccc2)C(=O)NC1c1cc(Br)cs1. The van der Waals surface area contributed by atoms with Crippen molar-refractivity contribution in [3.05, 3.63) is 68.0 Å². The Kier molecular flexibility index (Phi) is 5.24. The van der Waals surface area contributed by atoms with Gasteiger partial charge in [0.05, 0.1) is 25.3 Å². The molecular formula is C18H17BrN2O3S. The summed E-state index contributed by atoms with van der Waals surface area (Å²) in [5.41, 5.74) is 2.04. The minimum atomic E-state index is -0.511. The van der Waals surface area contributed by atoms with Crippen LogP contribution in [0.3, 0.4) is 0 Å². The fourth-order valence-electron chi connectivity index (χ4n) is 2.81. The van der Waals surface area contributed by atoms with Crippen LogP contribution in [0.4, 0.5) is 4.79 Å². The van der Waals surface area contributed by atoms with Crippen LogP contribution in [0.1, 0.15) is 23.4 Å². The van der Waals surface area contributed by atoms with Crippen LogP contribution >= 0.6 is 27.3 Å². The van der Waals surface area contributed by atoms with Gasteiger partial charge in [-0.3, -0.25) is 4.90 Å². The van der Waals surface area contributed by atoms with Gasteiger partial charge in [0.25, 0.3) is 0 Å². The van der Waals surface area contributed by atoms with Crippen molar-refractivity contribution in [3.63, 3.8) is 0 Å². The number of carbonyl (C=O) groups excluding carboxylic acids is 2. The van der Waals surface area contributed by atoms with Gasteiger partial charge in [-0.1, -0.05) is 30.3 Å². The van der Waals surface area contributed by atoms with E-state index in [1.807, 2.05) is 41.8 Å². The number of halogens is 1.